The van der Waals surface area contributed by atoms with Crippen molar-refractivity contribution in [3.63, 3.8) is 0 Å². The van der Waals surface area contributed by atoms with E-state index in [1.807, 2.05) is 18.2 Å². The van der Waals surface area contributed by atoms with Crippen LogP contribution in [-0.2, 0) is 0 Å². The minimum atomic E-state index is -0.0975. The third-order valence-corrected chi connectivity index (χ3v) is 4.07. The van der Waals surface area contributed by atoms with Crippen molar-refractivity contribution in [2.45, 2.75) is 26.7 Å². The molecule has 2 heteroatoms. The Morgan fingerprint density at radius 3 is 2.50 bits per heavy atom. The van der Waals surface area contributed by atoms with Crippen LogP contribution in [0.3, 0.4) is 0 Å². The van der Waals surface area contributed by atoms with E-state index < -0.39 is 0 Å². The van der Waals surface area contributed by atoms with Gasteiger partial charge < -0.3 is 0 Å². The highest BCUT2D eigenvalue weighted by atomic mass is 32.1. The maximum absolute atomic E-state index is 13.9. The van der Waals surface area contributed by atoms with E-state index in [4.69, 9.17) is 0 Å². The summed E-state index contributed by atoms with van der Waals surface area (Å²) in [5.41, 5.74) is 1.42. The van der Waals surface area contributed by atoms with Crippen LogP contribution in [0.1, 0.15) is 30.2 Å². The molecule has 2 rings (SSSR count). The Morgan fingerprint density at radius 1 is 1.12 bits per heavy atom. The largest absolute Gasteiger partial charge is 0.206 e. The molecule has 1 aromatic heterocycles. The monoisotopic (exact) mass is 234 g/mol. The van der Waals surface area contributed by atoms with E-state index in [-0.39, 0.29) is 5.82 Å². The lowest BCUT2D eigenvalue weighted by Gasteiger charge is -2.03. The second kappa shape index (κ2) is 4.38. The Balaban J connectivity index is 2.47. The average molecular weight is 234 g/mol. The molecule has 84 valence electrons. The van der Waals surface area contributed by atoms with Gasteiger partial charge in [-0.05, 0) is 30.5 Å². The molecule has 0 saturated carbocycles. The highest BCUT2D eigenvalue weighted by Gasteiger charge is 2.10. The first kappa shape index (κ1) is 11.3. The lowest BCUT2D eigenvalue weighted by atomic mass is 10.1. The van der Waals surface area contributed by atoms with Gasteiger partial charge in [-0.1, -0.05) is 32.0 Å². The Morgan fingerprint density at radius 2 is 1.88 bits per heavy atom. The molecule has 2 aromatic rings. The zero-order valence-corrected chi connectivity index (χ0v) is 10.6. The van der Waals surface area contributed by atoms with Crippen LogP contribution >= 0.6 is 11.3 Å². The number of halogens is 1. The summed E-state index contributed by atoms with van der Waals surface area (Å²) in [6.07, 6.45) is 0. The van der Waals surface area contributed by atoms with Gasteiger partial charge in [0, 0.05) is 15.3 Å². The molecule has 0 aliphatic rings. The van der Waals surface area contributed by atoms with E-state index >= 15 is 0 Å². The standard InChI is InChI=1S/C14H15FS/c1-9(2)12-7-8-13(16-12)11-6-4-5-10(3)14(11)15/h4-9H,1-3H3. The van der Waals surface area contributed by atoms with Crippen LogP contribution in [0.4, 0.5) is 4.39 Å². The van der Waals surface area contributed by atoms with Gasteiger partial charge in [0.2, 0.25) is 0 Å². The fraction of sp³-hybridized carbons (Fsp3) is 0.286. The van der Waals surface area contributed by atoms with Crippen molar-refractivity contribution in [3.05, 3.63) is 46.6 Å². The zero-order chi connectivity index (χ0) is 11.7. The van der Waals surface area contributed by atoms with E-state index in [1.165, 1.54) is 4.88 Å². The van der Waals surface area contributed by atoms with Gasteiger partial charge in [0.15, 0.2) is 0 Å². The number of benzene rings is 1. The maximum Gasteiger partial charge on any atom is 0.134 e. The fourth-order valence-corrected chi connectivity index (χ4v) is 2.68. The summed E-state index contributed by atoms with van der Waals surface area (Å²) in [5.74, 6) is 0.409. The van der Waals surface area contributed by atoms with Gasteiger partial charge in [0.1, 0.15) is 5.82 Å². The van der Waals surface area contributed by atoms with E-state index in [2.05, 4.69) is 19.9 Å². The topological polar surface area (TPSA) is 0 Å². The molecule has 0 N–H and O–H groups in total. The van der Waals surface area contributed by atoms with Crippen molar-refractivity contribution < 1.29 is 4.39 Å². The summed E-state index contributed by atoms with van der Waals surface area (Å²) < 4.78 is 13.9. The van der Waals surface area contributed by atoms with Crippen LogP contribution < -0.4 is 0 Å². The number of thiophene rings is 1. The van der Waals surface area contributed by atoms with Gasteiger partial charge in [-0.3, -0.25) is 0 Å². The smallest absolute Gasteiger partial charge is 0.134 e. The number of hydrogen-bond donors (Lipinski definition) is 0. The summed E-state index contributed by atoms with van der Waals surface area (Å²) >= 11 is 1.68. The van der Waals surface area contributed by atoms with Crippen molar-refractivity contribution in [1.82, 2.24) is 0 Å². The van der Waals surface area contributed by atoms with Crippen molar-refractivity contribution in [2.24, 2.45) is 0 Å². The molecule has 1 heterocycles. The molecule has 0 atom stereocenters. The highest BCUT2D eigenvalue weighted by Crippen LogP contribution is 2.33. The molecule has 0 fully saturated rings. The van der Waals surface area contributed by atoms with Gasteiger partial charge in [-0.25, -0.2) is 4.39 Å². The van der Waals surface area contributed by atoms with Crippen LogP contribution in [0.25, 0.3) is 10.4 Å². The summed E-state index contributed by atoms with van der Waals surface area (Å²) in [6, 6.07) is 9.65. The van der Waals surface area contributed by atoms with Gasteiger partial charge in [0.25, 0.3) is 0 Å². The van der Waals surface area contributed by atoms with Crippen molar-refractivity contribution in [2.75, 3.05) is 0 Å². The zero-order valence-electron chi connectivity index (χ0n) is 9.75. The van der Waals surface area contributed by atoms with Gasteiger partial charge in [0.05, 0.1) is 0 Å². The highest BCUT2D eigenvalue weighted by molar-refractivity contribution is 7.15. The molecular weight excluding hydrogens is 219 g/mol. The molecule has 0 spiro atoms. The van der Waals surface area contributed by atoms with Crippen LogP contribution in [-0.4, -0.2) is 0 Å². The summed E-state index contributed by atoms with van der Waals surface area (Å²) in [6.45, 7) is 6.11. The van der Waals surface area contributed by atoms with Crippen molar-refractivity contribution in [3.8, 4) is 10.4 Å². The minimum Gasteiger partial charge on any atom is -0.206 e. The molecule has 16 heavy (non-hydrogen) atoms. The Bertz CT molecular complexity index is 497. The Kier molecular flexibility index (Phi) is 3.10. The average Bonchev–Trinajstić information content (AvgIpc) is 2.71. The van der Waals surface area contributed by atoms with E-state index in [1.54, 1.807) is 24.3 Å². The quantitative estimate of drug-likeness (QED) is 0.687. The van der Waals surface area contributed by atoms with E-state index in [0.29, 0.717) is 11.5 Å². The molecule has 1 aromatic carbocycles. The van der Waals surface area contributed by atoms with Crippen LogP contribution in [0, 0.1) is 12.7 Å². The second-order valence-electron chi connectivity index (χ2n) is 4.29. The Hall–Kier alpha value is -1.15. The first-order valence-corrected chi connectivity index (χ1v) is 6.26. The fourth-order valence-electron chi connectivity index (χ4n) is 1.65. The molecule has 0 radical (unpaired) electrons. The van der Waals surface area contributed by atoms with Gasteiger partial charge >= 0.3 is 0 Å². The summed E-state index contributed by atoms with van der Waals surface area (Å²) in [7, 11) is 0. The SMILES string of the molecule is Cc1cccc(-c2ccc(C(C)C)s2)c1F. The molecule has 0 aliphatic carbocycles. The third-order valence-electron chi connectivity index (χ3n) is 2.65. The molecule has 0 unspecified atom stereocenters. The predicted molar refractivity (Wildman–Crippen MR) is 68.5 cm³/mol. The molecule has 0 nitrogen and oxygen atoms in total. The number of hydrogen-bond acceptors (Lipinski definition) is 1. The van der Waals surface area contributed by atoms with Crippen LogP contribution in [0.2, 0.25) is 0 Å². The predicted octanol–water partition coefficient (Wildman–Crippen LogP) is 4.99. The second-order valence-corrected chi connectivity index (χ2v) is 5.41. The minimum absolute atomic E-state index is 0.0975. The van der Waals surface area contributed by atoms with Gasteiger partial charge in [-0.2, -0.15) is 0 Å². The first-order valence-electron chi connectivity index (χ1n) is 5.45. The van der Waals surface area contributed by atoms with Crippen molar-refractivity contribution >= 4 is 11.3 Å². The first-order chi connectivity index (χ1) is 7.59. The summed E-state index contributed by atoms with van der Waals surface area (Å²) in [4.78, 5) is 2.32. The van der Waals surface area contributed by atoms with E-state index in [9.17, 15) is 4.39 Å². The number of aryl methyl sites for hydroxylation is 1. The lowest BCUT2D eigenvalue weighted by molar-refractivity contribution is 0.622. The molecular formula is C14H15FS. The number of rotatable bonds is 2. The maximum atomic E-state index is 13.9. The van der Waals surface area contributed by atoms with E-state index in [0.717, 1.165) is 10.4 Å². The van der Waals surface area contributed by atoms with Crippen molar-refractivity contribution in [1.29, 1.82) is 0 Å². The summed E-state index contributed by atoms with van der Waals surface area (Å²) in [5, 5.41) is 0. The molecule has 0 saturated heterocycles. The Labute approximate surface area is 99.8 Å². The third kappa shape index (κ3) is 2.03. The van der Waals surface area contributed by atoms with Crippen LogP contribution in [0.15, 0.2) is 30.3 Å². The lowest BCUT2D eigenvalue weighted by Crippen LogP contribution is -1.85. The molecule has 0 bridgehead atoms. The molecule has 0 amide bonds. The van der Waals surface area contributed by atoms with Crippen LogP contribution in [0.5, 0.6) is 0 Å². The normalized spacial score (nSPS) is 11.1. The molecule has 0 aliphatic heterocycles. The van der Waals surface area contributed by atoms with Gasteiger partial charge in [-0.15, -0.1) is 11.3 Å².